The first-order valence-electron chi connectivity index (χ1n) is 8.53. The number of esters is 1. The number of hydrogen-bond acceptors (Lipinski definition) is 7. The van der Waals surface area contributed by atoms with Gasteiger partial charge in [0.1, 0.15) is 12.4 Å². The van der Waals surface area contributed by atoms with Crippen molar-refractivity contribution in [1.29, 1.82) is 0 Å². The Morgan fingerprint density at radius 3 is 2.22 bits per heavy atom. The molecule has 0 saturated carbocycles. The molecule has 1 aliphatic rings. The number of methoxy groups -OCH3 is 1. The fraction of sp³-hybridized carbons (Fsp3) is 0.529. The third kappa shape index (κ3) is 5.65. The second-order valence-electron chi connectivity index (χ2n) is 5.78. The molecule has 0 aliphatic carbocycles. The van der Waals surface area contributed by atoms with Crippen LogP contribution >= 0.6 is 0 Å². The smallest absolute Gasteiger partial charge is 0.332 e. The van der Waals surface area contributed by atoms with Crippen LogP contribution in [0.2, 0.25) is 0 Å². The van der Waals surface area contributed by atoms with Gasteiger partial charge in [-0.2, -0.15) is 4.31 Å². The molecule has 9 nitrogen and oxygen atoms in total. The zero-order chi connectivity index (χ0) is 19.9. The van der Waals surface area contributed by atoms with Crippen LogP contribution in [0.25, 0.3) is 0 Å². The average molecular weight is 400 g/mol. The maximum absolute atomic E-state index is 12.7. The Kier molecular flexibility index (Phi) is 7.57. The van der Waals surface area contributed by atoms with Crippen molar-refractivity contribution in [2.24, 2.45) is 0 Å². The Bertz CT molecular complexity index is 741. The molecule has 1 amide bonds. The maximum atomic E-state index is 12.7. The van der Waals surface area contributed by atoms with Crippen molar-refractivity contribution in [1.82, 2.24) is 9.21 Å². The highest BCUT2D eigenvalue weighted by molar-refractivity contribution is 7.89. The van der Waals surface area contributed by atoms with Gasteiger partial charge in [0.2, 0.25) is 10.0 Å². The molecule has 1 aromatic carbocycles. The predicted molar refractivity (Wildman–Crippen MR) is 95.8 cm³/mol. The van der Waals surface area contributed by atoms with Crippen LogP contribution in [-0.2, 0) is 29.1 Å². The second kappa shape index (κ2) is 9.67. The number of sulfonamides is 1. The fourth-order valence-electron chi connectivity index (χ4n) is 2.59. The number of amides is 1. The van der Waals surface area contributed by atoms with E-state index in [1.54, 1.807) is 12.1 Å². The van der Waals surface area contributed by atoms with Crippen molar-refractivity contribution >= 4 is 21.9 Å². The summed E-state index contributed by atoms with van der Waals surface area (Å²) in [6, 6.07) is 6.25. The molecule has 1 saturated heterocycles. The largest absolute Gasteiger partial charge is 0.494 e. The summed E-state index contributed by atoms with van der Waals surface area (Å²) in [6.07, 6.45) is 0. The average Bonchev–Trinajstić information content (AvgIpc) is 2.67. The van der Waals surface area contributed by atoms with E-state index in [1.165, 1.54) is 28.4 Å². The Balaban J connectivity index is 1.90. The van der Waals surface area contributed by atoms with E-state index in [0.29, 0.717) is 12.4 Å². The highest BCUT2D eigenvalue weighted by Crippen LogP contribution is 2.21. The number of benzene rings is 1. The third-order valence-electron chi connectivity index (χ3n) is 3.98. The number of nitrogens with zero attached hydrogens (tertiary/aromatic N) is 2. The molecule has 1 aromatic rings. The fourth-order valence-corrected chi connectivity index (χ4v) is 4.02. The Labute approximate surface area is 158 Å². The van der Waals surface area contributed by atoms with Crippen LogP contribution in [0.4, 0.5) is 0 Å². The summed E-state index contributed by atoms with van der Waals surface area (Å²) < 4.78 is 41.5. The molecule has 0 unspecified atom stereocenters. The van der Waals surface area contributed by atoms with E-state index in [-0.39, 0.29) is 50.2 Å². The lowest BCUT2D eigenvalue weighted by Crippen LogP contribution is -2.51. The monoisotopic (exact) mass is 400 g/mol. The number of hydrogen-bond donors (Lipinski definition) is 0. The van der Waals surface area contributed by atoms with Gasteiger partial charge in [-0.25, -0.2) is 13.2 Å². The SMILES string of the molecule is CCOc1ccc(S(=O)(=O)N2CCN(C(=O)COC(=O)COC)CC2)cc1. The van der Waals surface area contributed by atoms with Gasteiger partial charge in [0.15, 0.2) is 6.61 Å². The molecule has 1 heterocycles. The third-order valence-corrected chi connectivity index (χ3v) is 5.90. The quantitative estimate of drug-likeness (QED) is 0.571. The molecule has 0 N–H and O–H groups in total. The Hall–Kier alpha value is -2.17. The molecule has 1 aliphatic heterocycles. The first kappa shape index (κ1) is 21.1. The van der Waals surface area contributed by atoms with E-state index in [2.05, 4.69) is 4.74 Å². The zero-order valence-corrected chi connectivity index (χ0v) is 16.2. The van der Waals surface area contributed by atoms with E-state index in [1.807, 2.05) is 6.92 Å². The van der Waals surface area contributed by atoms with Crippen LogP contribution in [0.1, 0.15) is 6.92 Å². The van der Waals surface area contributed by atoms with E-state index in [4.69, 9.17) is 9.47 Å². The molecule has 0 radical (unpaired) electrons. The van der Waals surface area contributed by atoms with Gasteiger partial charge in [0.05, 0.1) is 11.5 Å². The number of rotatable bonds is 8. The van der Waals surface area contributed by atoms with Gasteiger partial charge in [-0.1, -0.05) is 0 Å². The molecule has 0 bridgehead atoms. The minimum absolute atomic E-state index is 0.174. The van der Waals surface area contributed by atoms with Crippen molar-refractivity contribution in [2.75, 3.05) is 53.1 Å². The standard InChI is InChI=1S/C17H24N2O7S/c1-3-25-14-4-6-15(7-5-14)27(22,23)19-10-8-18(9-11-19)16(20)12-26-17(21)13-24-2/h4-7H,3,8-13H2,1-2H3. The predicted octanol–water partition coefficient (Wildman–Crippen LogP) is 0.108. The van der Waals surface area contributed by atoms with Gasteiger partial charge >= 0.3 is 5.97 Å². The number of piperazine rings is 1. The van der Waals surface area contributed by atoms with E-state index in [9.17, 15) is 18.0 Å². The van der Waals surface area contributed by atoms with E-state index in [0.717, 1.165) is 0 Å². The summed E-state index contributed by atoms with van der Waals surface area (Å²) >= 11 is 0. The lowest BCUT2D eigenvalue weighted by atomic mass is 10.3. The van der Waals surface area contributed by atoms with Crippen LogP contribution < -0.4 is 4.74 Å². The Morgan fingerprint density at radius 2 is 1.67 bits per heavy atom. The van der Waals surface area contributed by atoms with E-state index < -0.39 is 16.0 Å². The summed E-state index contributed by atoms with van der Waals surface area (Å²) in [5.41, 5.74) is 0. The highest BCUT2D eigenvalue weighted by Gasteiger charge is 2.30. The minimum atomic E-state index is -3.64. The van der Waals surface area contributed by atoms with Gasteiger partial charge in [0, 0.05) is 33.3 Å². The van der Waals surface area contributed by atoms with Crippen molar-refractivity contribution in [3.63, 3.8) is 0 Å². The number of ether oxygens (including phenoxy) is 3. The first-order valence-corrected chi connectivity index (χ1v) is 9.97. The lowest BCUT2D eigenvalue weighted by Gasteiger charge is -2.33. The van der Waals surface area contributed by atoms with Crippen LogP contribution in [0, 0.1) is 0 Å². The molecule has 2 rings (SSSR count). The van der Waals surface area contributed by atoms with Gasteiger partial charge < -0.3 is 19.1 Å². The summed E-state index contributed by atoms with van der Waals surface area (Å²) in [6.45, 7) is 2.57. The van der Waals surface area contributed by atoms with Gasteiger partial charge in [-0.15, -0.1) is 0 Å². The molecule has 27 heavy (non-hydrogen) atoms. The van der Waals surface area contributed by atoms with Crippen LogP contribution in [0.15, 0.2) is 29.2 Å². The summed E-state index contributed by atoms with van der Waals surface area (Å²) in [4.78, 5) is 24.9. The summed E-state index contributed by atoms with van der Waals surface area (Å²) in [5.74, 6) is -0.380. The van der Waals surface area contributed by atoms with Crippen LogP contribution in [0.5, 0.6) is 5.75 Å². The van der Waals surface area contributed by atoms with Crippen LogP contribution in [-0.4, -0.2) is 82.6 Å². The highest BCUT2D eigenvalue weighted by atomic mass is 32.2. The van der Waals surface area contributed by atoms with Gasteiger partial charge in [-0.05, 0) is 31.2 Å². The molecular formula is C17H24N2O7S. The molecule has 0 spiro atoms. The van der Waals surface area contributed by atoms with Gasteiger partial charge in [0.25, 0.3) is 5.91 Å². The topological polar surface area (TPSA) is 102 Å². The lowest BCUT2D eigenvalue weighted by molar-refractivity contribution is -0.155. The molecule has 0 atom stereocenters. The summed E-state index contributed by atoms with van der Waals surface area (Å²) in [5, 5.41) is 0. The first-order chi connectivity index (χ1) is 12.9. The molecule has 0 aromatic heterocycles. The molecule has 1 fully saturated rings. The normalized spacial score (nSPS) is 15.4. The van der Waals surface area contributed by atoms with Crippen LogP contribution in [0.3, 0.4) is 0 Å². The van der Waals surface area contributed by atoms with E-state index >= 15 is 0 Å². The van der Waals surface area contributed by atoms with Gasteiger partial charge in [-0.3, -0.25) is 4.79 Å². The van der Waals surface area contributed by atoms with Crippen molar-refractivity contribution in [3.05, 3.63) is 24.3 Å². The summed E-state index contributed by atoms with van der Waals surface area (Å²) in [7, 11) is -2.28. The molecule has 10 heteroatoms. The Morgan fingerprint density at radius 1 is 1.04 bits per heavy atom. The number of carbonyl (C=O) groups is 2. The van der Waals surface area contributed by atoms with Crippen molar-refractivity contribution in [3.8, 4) is 5.75 Å². The molecular weight excluding hydrogens is 376 g/mol. The van der Waals surface area contributed by atoms with Crippen molar-refractivity contribution < 1.29 is 32.2 Å². The molecule has 150 valence electrons. The van der Waals surface area contributed by atoms with Crippen molar-refractivity contribution in [2.45, 2.75) is 11.8 Å². The maximum Gasteiger partial charge on any atom is 0.332 e. The minimum Gasteiger partial charge on any atom is -0.494 e. The zero-order valence-electron chi connectivity index (χ0n) is 15.4. The second-order valence-corrected chi connectivity index (χ2v) is 7.72. The number of carbonyl (C=O) groups excluding carboxylic acids is 2.